The highest BCUT2D eigenvalue weighted by Gasteiger charge is 2.02. The second kappa shape index (κ2) is 6.04. The minimum Gasteiger partial charge on any atom is -0.395 e. The van der Waals surface area contributed by atoms with E-state index >= 15 is 0 Å². The maximum Gasteiger partial charge on any atom is 0.0674 e. The smallest absolute Gasteiger partial charge is 0.0674 e. The minimum absolute atomic E-state index is 0.105. The largest absolute Gasteiger partial charge is 0.395 e. The van der Waals surface area contributed by atoms with Crippen LogP contribution in [0.5, 0.6) is 0 Å². The molecular weight excluding hydrogens is 224 g/mol. The summed E-state index contributed by atoms with van der Waals surface area (Å²) in [5, 5.41) is 13.0. The monoisotopic (exact) mass is 240 g/mol. The lowest BCUT2D eigenvalue weighted by Crippen LogP contribution is -2.05. The lowest BCUT2D eigenvalue weighted by Gasteiger charge is -2.06. The maximum absolute atomic E-state index is 8.74. The number of aromatic nitrogens is 2. The number of aliphatic hydroxyl groups excluding tert-OH is 1. The number of nitrogens with zero attached hydrogens (tertiary/aromatic N) is 2. The van der Waals surface area contributed by atoms with Gasteiger partial charge < -0.3 is 5.11 Å². The molecule has 92 valence electrons. The lowest BCUT2D eigenvalue weighted by atomic mass is 10.1. The molecule has 18 heavy (non-hydrogen) atoms. The summed E-state index contributed by atoms with van der Waals surface area (Å²) in [6, 6.07) is 10.0. The number of rotatable bonds is 3. The first-order valence-corrected chi connectivity index (χ1v) is 5.97. The van der Waals surface area contributed by atoms with Crippen LogP contribution < -0.4 is 0 Å². The Morgan fingerprint density at radius 1 is 1.28 bits per heavy atom. The average molecular weight is 240 g/mol. The molecule has 3 heteroatoms. The molecule has 0 radical (unpaired) electrons. The molecule has 0 saturated heterocycles. The summed E-state index contributed by atoms with van der Waals surface area (Å²) >= 11 is 0. The summed E-state index contributed by atoms with van der Waals surface area (Å²) in [6.07, 6.45) is 2.31. The van der Waals surface area contributed by atoms with E-state index in [1.165, 1.54) is 0 Å². The van der Waals surface area contributed by atoms with Crippen molar-refractivity contribution >= 4 is 0 Å². The first-order chi connectivity index (χ1) is 8.81. The second-order valence-electron chi connectivity index (χ2n) is 4.06. The molecule has 0 bridgehead atoms. The molecule has 0 unspecified atom stereocenters. The van der Waals surface area contributed by atoms with Crippen LogP contribution in [0.25, 0.3) is 0 Å². The Balaban J connectivity index is 2.23. The predicted molar refractivity (Wildman–Crippen MR) is 71.1 cm³/mol. The molecule has 0 atom stereocenters. The van der Waals surface area contributed by atoms with E-state index in [0.29, 0.717) is 6.42 Å². The van der Waals surface area contributed by atoms with Crippen LogP contribution in [-0.2, 0) is 6.54 Å². The molecule has 0 aliphatic heterocycles. The van der Waals surface area contributed by atoms with Crippen molar-refractivity contribution in [3.63, 3.8) is 0 Å². The van der Waals surface area contributed by atoms with Gasteiger partial charge in [-0.05, 0) is 24.6 Å². The molecule has 0 aliphatic carbocycles. The van der Waals surface area contributed by atoms with Gasteiger partial charge >= 0.3 is 0 Å². The number of benzene rings is 1. The molecule has 0 aliphatic rings. The summed E-state index contributed by atoms with van der Waals surface area (Å²) in [4.78, 5) is 0. The molecular formula is C15H16N2O. The number of aliphatic hydroxyl groups is 1. The predicted octanol–water partition coefficient (Wildman–Crippen LogP) is 1.97. The Hall–Kier alpha value is -2.05. The van der Waals surface area contributed by atoms with Crippen LogP contribution in [-0.4, -0.2) is 21.5 Å². The van der Waals surface area contributed by atoms with Crippen molar-refractivity contribution in [3.8, 4) is 11.8 Å². The molecule has 1 aromatic carbocycles. The first-order valence-electron chi connectivity index (χ1n) is 5.97. The molecule has 0 fully saturated rings. The molecule has 3 nitrogen and oxygen atoms in total. The van der Waals surface area contributed by atoms with Crippen LogP contribution in [0.4, 0.5) is 0 Å². The van der Waals surface area contributed by atoms with Gasteiger partial charge in [0, 0.05) is 23.9 Å². The fourth-order valence-electron chi connectivity index (χ4n) is 1.72. The second-order valence-corrected chi connectivity index (χ2v) is 4.06. The summed E-state index contributed by atoms with van der Waals surface area (Å²) in [5.41, 5.74) is 3.28. The fraction of sp³-hybridized carbons (Fsp3) is 0.267. The zero-order valence-corrected chi connectivity index (χ0v) is 10.4. The zero-order valence-electron chi connectivity index (χ0n) is 10.4. The van der Waals surface area contributed by atoms with E-state index in [1.807, 2.05) is 35.9 Å². The molecule has 1 N–H and O–H groups in total. The van der Waals surface area contributed by atoms with E-state index in [9.17, 15) is 0 Å². The molecule has 0 amide bonds. The normalized spacial score (nSPS) is 9.89. The van der Waals surface area contributed by atoms with Gasteiger partial charge in [0.1, 0.15) is 0 Å². The average Bonchev–Trinajstić information content (AvgIpc) is 2.78. The Morgan fingerprint density at radius 2 is 2.11 bits per heavy atom. The van der Waals surface area contributed by atoms with Crippen LogP contribution in [0.2, 0.25) is 0 Å². The molecule has 1 aromatic heterocycles. The van der Waals surface area contributed by atoms with Crippen LogP contribution in [0, 0.1) is 18.8 Å². The number of hydrogen-bond donors (Lipinski definition) is 1. The van der Waals surface area contributed by atoms with Gasteiger partial charge in [-0.25, -0.2) is 0 Å². The lowest BCUT2D eigenvalue weighted by molar-refractivity contribution is 0.305. The summed E-state index contributed by atoms with van der Waals surface area (Å²) in [7, 11) is 0. The number of hydrogen-bond acceptors (Lipinski definition) is 2. The highest BCUT2D eigenvalue weighted by Crippen LogP contribution is 2.10. The molecule has 0 saturated carbocycles. The maximum atomic E-state index is 8.74. The molecule has 2 aromatic rings. The van der Waals surface area contributed by atoms with Gasteiger partial charge in [-0.2, -0.15) is 5.10 Å². The van der Waals surface area contributed by atoms with Crippen molar-refractivity contribution in [2.45, 2.75) is 19.9 Å². The van der Waals surface area contributed by atoms with Gasteiger partial charge in [0.2, 0.25) is 0 Å². The van der Waals surface area contributed by atoms with Crippen LogP contribution >= 0.6 is 0 Å². The van der Waals surface area contributed by atoms with Gasteiger partial charge in [-0.15, -0.1) is 0 Å². The zero-order chi connectivity index (χ0) is 12.8. The Kier molecular flexibility index (Phi) is 4.16. The van der Waals surface area contributed by atoms with Gasteiger partial charge in [0.25, 0.3) is 0 Å². The highest BCUT2D eigenvalue weighted by molar-refractivity contribution is 5.41. The topological polar surface area (TPSA) is 38.0 Å². The van der Waals surface area contributed by atoms with E-state index in [0.717, 1.165) is 23.4 Å². The third kappa shape index (κ3) is 2.99. The van der Waals surface area contributed by atoms with E-state index in [2.05, 4.69) is 23.0 Å². The quantitative estimate of drug-likeness (QED) is 0.833. The standard InChI is InChI=1S/C15H16N2O/c1-13-9-10-16-17(13)12-15-8-3-2-6-14(15)7-4-5-11-18/h2-3,6,8-10,18H,5,11-12H2,1H3. The van der Waals surface area contributed by atoms with Crippen LogP contribution in [0.15, 0.2) is 36.5 Å². The first kappa shape index (κ1) is 12.4. The minimum atomic E-state index is 0.105. The van der Waals surface area contributed by atoms with E-state index in [1.54, 1.807) is 6.20 Å². The Morgan fingerprint density at radius 3 is 2.83 bits per heavy atom. The van der Waals surface area contributed by atoms with Gasteiger partial charge in [0.05, 0.1) is 13.2 Å². The summed E-state index contributed by atoms with van der Waals surface area (Å²) in [5.74, 6) is 6.05. The number of aryl methyl sites for hydroxylation is 1. The van der Waals surface area contributed by atoms with Gasteiger partial charge in [0.15, 0.2) is 0 Å². The molecule has 0 spiro atoms. The van der Waals surface area contributed by atoms with E-state index in [4.69, 9.17) is 5.11 Å². The summed E-state index contributed by atoms with van der Waals surface area (Å²) < 4.78 is 1.95. The molecule has 1 heterocycles. The fourth-order valence-corrected chi connectivity index (χ4v) is 1.72. The van der Waals surface area contributed by atoms with Crippen LogP contribution in [0.1, 0.15) is 23.2 Å². The van der Waals surface area contributed by atoms with Crippen molar-refractivity contribution in [1.82, 2.24) is 9.78 Å². The summed E-state index contributed by atoms with van der Waals surface area (Å²) in [6.45, 7) is 2.86. The molecule has 2 rings (SSSR count). The Labute approximate surface area is 107 Å². The highest BCUT2D eigenvalue weighted by atomic mass is 16.2. The Bertz CT molecular complexity index is 575. The van der Waals surface area contributed by atoms with Crippen molar-refractivity contribution in [2.24, 2.45) is 0 Å². The third-order valence-corrected chi connectivity index (χ3v) is 2.73. The van der Waals surface area contributed by atoms with Crippen molar-refractivity contribution in [1.29, 1.82) is 0 Å². The SMILES string of the molecule is Cc1ccnn1Cc1ccccc1C#CCCO. The van der Waals surface area contributed by atoms with E-state index in [-0.39, 0.29) is 6.61 Å². The van der Waals surface area contributed by atoms with Crippen molar-refractivity contribution in [3.05, 3.63) is 53.3 Å². The van der Waals surface area contributed by atoms with Crippen molar-refractivity contribution < 1.29 is 5.11 Å². The van der Waals surface area contributed by atoms with Crippen LogP contribution in [0.3, 0.4) is 0 Å². The van der Waals surface area contributed by atoms with Gasteiger partial charge in [-0.1, -0.05) is 30.0 Å². The van der Waals surface area contributed by atoms with E-state index < -0.39 is 0 Å². The van der Waals surface area contributed by atoms with Gasteiger partial charge in [-0.3, -0.25) is 4.68 Å². The third-order valence-electron chi connectivity index (χ3n) is 2.73. The van der Waals surface area contributed by atoms with Crippen molar-refractivity contribution in [2.75, 3.05) is 6.61 Å².